The van der Waals surface area contributed by atoms with E-state index in [-0.39, 0.29) is 9.92 Å². The smallest absolute Gasteiger partial charge is 0.265 e. The Labute approximate surface area is 147 Å². The summed E-state index contributed by atoms with van der Waals surface area (Å²) in [5.74, 6) is 0. The van der Waals surface area contributed by atoms with Crippen LogP contribution in [0.5, 0.6) is 0 Å². The molecule has 9 heteroatoms. The first-order valence-electron chi connectivity index (χ1n) is 6.82. The summed E-state index contributed by atoms with van der Waals surface area (Å²) in [5.41, 5.74) is 0.824. The summed E-state index contributed by atoms with van der Waals surface area (Å²) in [6.07, 6.45) is 1.09. The molecule has 0 spiro atoms. The molecule has 2 aromatic carbocycles. The van der Waals surface area contributed by atoms with Crippen molar-refractivity contribution < 1.29 is 16.8 Å². The Morgan fingerprint density at radius 1 is 0.792 bits per heavy atom. The Balaban J connectivity index is 2.37. The van der Waals surface area contributed by atoms with Crippen molar-refractivity contribution in [2.24, 2.45) is 0 Å². The van der Waals surface area contributed by atoms with E-state index in [1.807, 2.05) is 0 Å². The first kappa shape index (κ1) is 18.6. The van der Waals surface area contributed by atoms with Crippen LogP contribution in [0.1, 0.15) is 0 Å². The lowest BCUT2D eigenvalue weighted by Crippen LogP contribution is -2.27. The van der Waals surface area contributed by atoms with E-state index in [1.165, 1.54) is 50.5 Å². The third-order valence-electron chi connectivity index (χ3n) is 3.55. The van der Waals surface area contributed by atoms with E-state index in [0.717, 1.165) is 14.9 Å². The molecule has 2 rings (SSSR count). The van der Waals surface area contributed by atoms with Crippen molar-refractivity contribution in [3.8, 4) is 0 Å². The second-order valence-electron chi connectivity index (χ2n) is 5.15. The molecule has 0 aliphatic heterocycles. The molecular formula is C15H17ClN2O4S2. The van der Waals surface area contributed by atoms with Gasteiger partial charge < -0.3 is 0 Å². The van der Waals surface area contributed by atoms with Gasteiger partial charge in [-0.15, -0.1) is 0 Å². The van der Waals surface area contributed by atoms with Crippen LogP contribution in [-0.2, 0) is 20.0 Å². The zero-order valence-electron chi connectivity index (χ0n) is 13.3. The Bertz CT molecular complexity index is 942. The summed E-state index contributed by atoms with van der Waals surface area (Å²) >= 11 is 5.98. The number of rotatable bonds is 5. The van der Waals surface area contributed by atoms with Gasteiger partial charge >= 0.3 is 0 Å². The van der Waals surface area contributed by atoms with Crippen LogP contribution in [-0.4, -0.2) is 37.2 Å². The molecule has 24 heavy (non-hydrogen) atoms. The van der Waals surface area contributed by atoms with Crippen molar-refractivity contribution in [1.82, 2.24) is 0 Å². The van der Waals surface area contributed by atoms with E-state index in [2.05, 4.69) is 0 Å². The van der Waals surface area contributed by atoms with E-state index < -0.39 is 20.0 Å². The Morgan fingerprint density at radius 2 is 1.25 bits per heavy atom. The number of benzene rings is 2. The molecule has 0 aliphatic carbocycles. The lowest BCUT2D eigenvalue weighted by molar-refractivity contribution is 0.594. The average Bonchev–Trinajstić information content (AvgIpc) is 2.53. The molecule has 0 saturated carbocycles. The van der Waals surface area contributed by atoms with Crippen LogP contribution in [0.2, 0.25) is 5.02 Å². The Hall–Kier alpha value is -1.77. The van der Waals surface area contributed by atoms with Gasteiger partial charge in [-0.25, -0.2) is 16.8 Å². The second kappa shape index (κ2) is 6.62. The molecule has 0 amide bonds. The van der Waals surface area contributed by atoms with Crippen molar-refractivity contribution in [2.75, 3.05) is 29.0 Å². The fourth-order valence-electron chi connectivity index (χ4n) is 2.00. The maximum absolute atomic E-state index is 12.7. The SMILES string of the molecule is CN(c1ccc(N(C)S(=O)(=O)c2ccccc2Cl)cc1)S(C)(=O)=O. The molecule has 0 aliphatic rings. The number of hydrogen-bond donors (Lipinski definition) is 0. The van der Waals surface area contributed by atoms with E-state index in [0.29, 0.717) is 11.4 Å². The Morgan fingerprint density at radius 3 is 1.71 bits per heavy atom. The number of sulfonamides is 2. The quantitative estimate of drug-likeness (QED) is 0.788. The predicted octanol–water partition coefficient (Wildman–Crippen LogP) is 2.56. The van der Waals surface area contributed by atoms with Crippen LogP contribution in [0.25, 0.3) is 0 Å². The maximum Gasteiger partial charge on any atom is 0.265 e. The summed E-state index contributed by atoms with van der Waals surface area (Å²) in [4.78, 5) is 0.00602. The van der Waals surface area contributed by atoms with Crippen molar-refractivity contribution in [3.63, 3.8) is 0 Å². The predicted molar refractivity (Wildman–Crippen MR) is 96.7 cm³/mol. The van der Waals surface area contributed by atoms with E-state index in [1.54, 1.807) is 12.1 Å². The van der Waals surface area contributed by atoms with Gasteiger partial charge in [0.2, 0.25) is 10.0 Å². The highest BCUT2D eigenvalue weighted by Crippen LogP contribution is 2.28. The van der Waals surface area contributed by atoms with Crippen LogP contribution < -0.4 is 8.61 Å². The van der Waals surface area contributed by atoms with Crippen molar-refractivity contribution in [3.05, 3.63) is 53.6 Å². The van der Waals surface area contributed by atoms with Crippen LogP contribution in [0.15, 0.2) is 53.4 Å². The summed E-state index contributed by atoms with van der Waals surface area (Å²) in [6.45, 7) is 0. The standard InChI is InChI=1S/C15H17ClN2O4S2/c1-17(23(3,19)20)12-8-10-13(11-9-12)18(2)24(21,22)15-7-5-4-6-14(15)16/h4-11H,1-3H3. The first-order valence-corrected chi connectivity index (χ1v) is 10.5. The highest BCUT2D eigenvalue weighted by atomic mass is 35.5. The highest BCUT2D eigenvalue weighted by molar-refractivity contribution is 7.93. The zero-order valence-corrected chi connectivity index (χ0v) is 15.7. The topological polar surface area (TPSA) is 74.8 Å². The molecule has 0 saturated heterocycles. The highest BCUT2D eigenvalue weighted by Gasteiger charge is 2.24. The Kier molecular flexibility index (Phi) is 5.12. The third-order valence-corrected chi connectivity index (χ3v) is 7.04. The van der Waals surface area contributed by atoms with Crippen LogP contribution >= 0.6 is 11.6 Å². The summed E-state index contributed by atoms with van der Waals surface area (Å²) < 4.78 is 50.6. The first-order chi connectivity index (χ1) is 11.0. The molecule has 0 atom stereocenters. The van der Waals surface area contributed by atoms with Gasteiger partial charge in [0.05, 0.1) is 22.7 Å². The number of hydrogen-bond acceptors (Lipinski definition) is 4. The second-order valence-corrected chi connectivity index (χ2v) is 9.51. The van der Waals surface area contributed by atoms with Crippen molar-refractivity contribution in [2.45, 2.75) is 4.90 Å². The monoisotopic (exact) mass is 388 g/mol. The van der Waals surface area contributed by atoms with Crippen LogP contribution in [0, 0.1) is 0 Å². The molecule has 0 aromatic heterocycles. The number of anilines is 2. The maximum atomic E-state index is 12.7. The van der Waals surface area contributed by atoms with E-state index in [4.69, 9.17) is 11.6 Å². The average molecular weight is 389 g/mol. The molecule has 6 nitrogen and oxygen atoms in total. The van der Waals surface area contributed by atoms with Gasteiger partial charge in [0.15, 0.2) is 0 Å². The molecule has 0 N–H and O–H groups in total. The molecule has 0 radical (unpaired) electrons. The van der Waals surface area contributed by atoms with Gasteiger partial charge in [0.25, 0.3) is 10.0 Å². The summed E-state index contributed by atoms with van der Waals surface area (Å²) in [5, 5.41) is 0.137. The molecule has 2 aromatic rings. The van der Waals surface area contributed by atoms with Crippen molar-refractivity contribution in [1.29, 1.82) is 0 Å². The van der Waals surface area contributed by atoms with Crippen molar-refractivity contribution >= 4 is 43.0 Å². The van der Waals surface area contributed by atoms with Gasteiger partial charge in [-0.2, -0.15) is 0 Å². The van der Waals surface area contributed by atoms with E-state index >= 15 is 0 Å². The molecule has 0 heterocycles. The molecule has 0 fully saturated rings. The summed E-state index contributed by atoms with van der Waals surface area (Å²) in [7, 11) is -4.36. The van der Waals surface area contributed by atoms with Crippen LogP contribution in [0.4, 0.5) is 11.4 Å². The minimum absolute atomic E-state index is 0.00602. The zero-order chi connectivity index (χ0) is 18.1. The molecule has 130 valence electrons. The van der Waals surface area contributed by atoms with Gasteiger partial charge in [-0.05, 0) is 36.4 Å². The molecule has 0 unspecified atom stereocenters. The minimum atomic E-state index is -3.81. The third kappa shape index (κ3) is 3.66. The lowest BCUT2D eigenvalue weighted by atomic mass is 10.3. The fraction of sp³-hybridized carbons (Fsp3) is 0.200. The number of nitrogens with zero attached hydrogens (tertiary/aromatic N) is 2. The fourth-order valence-corrected chi connectivity index (χ4v) is 4.20. The lowest BCUT2D eigenvalue weighted by Gasteiger charge is -2.22. The minimum Gasteiger partial charge on any atom is -0.274 e. The van der Waals surface area contributed by atoms with Crippen LogP contribution in [0.3, 0.4) is 0 Å². The summed E-state index contributed by atoms with van der Waals surface area (Å²) in [6, 6.07) is 12.3. The largest absolute Gasteiger partial charge is 0.274 e. The van der Waals surface area contributed by atoms with Gasteiger partial charge in [0, 0.05) is 14.1 Å². The molecular weight excluding hydrogens is 372 g/mol. The normalized spacial score (nSPS) is 12.0. The number of halogens is 1. The van der Waals surface area contributed by atoms with Gasteiger partial charge in [-0.1, -0.05) is 23.7 Å². The van der Waals surface area contributed by atoms with E-state index in [9.17, 15) is 16.8 Å². The van der Waals surface area contributed by atoms with Gasteiger partial charge in [-0.3, -0.25) is 8.61 Å². The molecule has 0 bridgehead atoms. The van der Waals surface area contributed by atoms with Gasteiger partial charge in [0.1, 0.15) is 4.90 Å².